The molecule has 0 aliphatic carbocycles. The summed E-state index contributed by atoms with van der Waals surface area (Å²) in [4.78, 5) is 11.5. The molecular weight excluding hydrogens is 252 g/mol. The fourth-order valence-electron chi connectivity index (χ4n) is 2.81. The second-order valence-electron chi connectivity index (χ2n) is 5.78. The molecule has 0 saturated carbocycles. The van der Waals surface area contributed by atoms with E-state index in [0.29, 0.717) is 0 Å². The Kier molecular flexibility index (Phi) is 4.48. The maximum absolute atomic E-state index is 5.68. The Hall–Kier alpha value is -1.36. The minimum atomic E-state index is -0.0815. The predicted molar refractivity (Wildman–Crippen MR) is 82.5 cm³/mol. The van der Waals surface area contributed by atoms with Crippen LogP contribution < -0.4 is 10.2 Å². The van der Waals surface area contributed by atoms with Gasteiger partial charge in [-0.3, -0.25) is 0 Å². The fraction of sp³-hybridized carbons (Fsp3) is 0.733. The fourth-order valence-corrected chi connectivity index (χ4v) is 2.81. The van der Waals surface area contributed by atoms with Crippen LogP contribution in [-0.2, 0) is 4.74 Å². The SMILES string of the molecule is CCNc1nc(C)nc(N2CCCC(C)(OC)C2)c1C. The summed E-state index contributed by atoms with van der Waals surface area (Å²) in [5.74, 6) is 2.79. The third kappa shape index (κ3) is 3.03. The number of methoxy groups -OCH3 is 1. The highest BCUT2D eigenvalue weighted by molar-refractivity contribution is 5.59. The standard InChI is InChI=1S/C15H26N4O/c1-6-16-13-11(2)14(18-12(3)17-13)19-9-7-8-15(4,10-19)20-5/h6-10H2,1-5H3,(H,16,17,18). The zero-order chi connectivity index (χ0) is 14.8. The van der Waals surface area contributed by atoms with Crippen molar-refractivity contribution >= 4 is 11.6 Å². The largest absolute Gasteiger partial charge is 0.377 e. The smallest absolute Gasteiger partial charge is 0.137 e. The van der Waals surface area contributed by atoms with Crippen LogP contribution in [0.5, 0.6) is 0 Å². The van der Waals surface area contributed by atoms with Crippen LogP contribution in [0.4, 0.5) is 11.6 Å². The first-order valence-electron chi connectivity index (χ1n) is 7.38. The average molecular weight is 278 g/mol. The number of rotatable bonds is 4. The summed E-state index contributed by atoms with van der Waals surface area (Å²) in [6.07, 6.45) is 2.23. The van der Waals surface area contributed by atoms with Crippen molar-refractivity contribution in [3.05, 3.63) is 11.4 Å². The Morgan fingerprint density at radius 1 is 1.35 bits per heavy atom. The number of aryl methyl sites for hydroxylation is 1. The number of ether oxygens (including phenoxy) is 1. The molecule has 1 unspecified atom stereocenters. The van der Waals surface area contributed by atoms with Crippen LogP contribution in [-0.4, -0.2) is 42.3 Å². The lowest BCUT2D eigenvalue weighted by Crippen LogP contribution is -2.48. The van der Waals surface area contributed by atoms with E-state index in [1.807, 2.05) is 6.92 Å². The molecule has 112 valence electrons. The topological polar surface area (TPSA) is 50.3 Å². The van der Waals surface area contributed by atoms with E-state index in [0.717, 1.165) is 55.5 Å². The van der Waals surface area contributed by atoms with Crippen molar-refractivity contribution in [3.63, 3.8) is 0 Å². The van der Waals surface area contributed by atoms with E-state index in [2.05, 4.69) is 41.0 Å². The number of nitrogens with zero attached hydrogens (tertiary/aromatic N) is 3. The van der Waals surface area contributed by atoms with Crippen molar-refractivity contribution < 1.29 is 4.74 Å². The van der Waals surface area contributed by atoms with Crippen LogP contribution in [0.3, 0.4) is 0 Å². The van der Waals surface area contributed by atoms with Gasteiger partial charge in [-0.15, -0.1) is 0 Å². The quantitative estimate of drug-likeness (QED) is 0.917. The predicted octanol–water partition coefficient (Wildman–Crippen LogP) is 2.53. The van der Waals surface area contributed by atoms with E-state index in [4.69, 9.17) is 4.74 Å². The first-order chi connectivity index (χ1) is 9.49. The van der Waals surface area contributed by atoms with Crippen LogP contribution in [0, 0.1) is 13.8 Å². The summed E-state index contributed by atoms with van der Waals surface area (Å²) in [7, 11) is 1.80. The van der Waals surface area contributed by atoms with E-state index in [1.54, 1.807) is 7.11 Å². The summed E-state index contributed by atoms with van der Waals surface area (Å²) in [5, 5.41) is 3.32. The first kappa shape index (κ1) is 15.0. The normalized spacial score (nSPS) is 22.9. The van der Waals surface area contributed by atoms with Crippen molar-refractivity contribution in [3.8, 4) is 0 Å². The Balaban J connectivity index is 2.32. The Morgan fingerprint density at radius 2 is 2.10 bits per heavy atom. The van der Waals surface area contributed by atoms with Gasteiger partial charge >= 0.3 is 0 Å². The van der Waals surface area contributed by atoms with Gasteiger partial charge in [0.2, 0.25) is 0 Å². The number of piperidine rings is 1. The van der Waals surface area contributed by atoms with Crippen molar-refractivity contribution in [1.82, 2.24) is 9.97 Å². The molecule has 1 saturated heterocycles. The van der Waals surface area contributed by atoms with Gasteiger partial charge in [0.25, 0.3) is 0 Å². The van der Waals surface area contributed by atoms with Gasteiger partial charge in [0, 0.05) is 32.3 Å². The van der Waals surface area contributed by atoms with Gasteiger partial charge in [-0.1, -0.05) is 0 Å². The molecule has 5 heteroatoms. The van der Waals surface area contributed by atoms with E-state index < -0.39 is 0 Å². The minimum absolute atomic E-state index is 0.0815. The van der Waals surface area contributed by atoms with Crippen LogP contribution in [0.2, 0.25) is 0 Å². The molecule has 1 aliphatic rings. The Labute approximate surface area is 121 Å². The molecule has 5 nitrogen and oxygen atoms in total. The molecule has 1 aromatic heterocycles. The Bertz CT molecular complexity index is 477. The van der Waals surface area contributed by atoms with Crippen LogP contribution in [0.15, 0.2) is 0 Å². The van der Waals surface area contributed by atoms with Crippen molar-refractivity contribution in [2.75, 3.05) is 37.0 Å². The number of aromatic nitrogens is 2. The second kappa shape index (κ2) is 5.95. The summed E-state index contributed by atoms with van der Waals surface area (Å²) >= 11 is 0. The van der Waals surface area contributed by atoms with E-state index in [-0.39, 0.29) is 5.60 Å². The summed E-state index contributed by atoms with van der Waals surface area (Å²) in [6.45, 7) is 11.1. The van der Waals surface area contributed by atoms with Gasteiger partial charge in [-0.2, -0.15) is 0 Å². The molecule has 0 radical (unpaired) electrons. The highest BCUT2D eigenvalue weighted by Crippen LogP contribution is 2.30. The monoisotopic (exact) mass is 278 g/mol. The van der Waals surface area contributed by atoms with Crippen molar-refractivity contribution in [2.45, 2.75) is 46.1 Å². The molecule has 1 N–H and O–H groups in total. The van der Waals surface area contributed by atoms with Gasteiger partial charge in [0.05, 0.1) is 5.60 Å². The first-order valence-corrected chi connectivity index (χ1v) is 7.38. The maximum Gasteiger partial charge on any atom is 0.137 e. The molecule has 2 heterocycles. The molecule has 1 aromatic rings. The molecule has 20 heavy (non-hydrogen) atoms. The lowest BCUT2D eigenvalue weighted by molar-refractivity contribution is -0.00484. The number of nitrogens with one attached hydrogen (secondary N) is 1. The number of hydrogen-bond acceptors (Lipinski definition) is 5. The van der Waals surface area contributed by atoms with Gasteiger partial charge in [0.15, 0.2) is 0 Å². The van der Waals surface area contributed by atoms with Crippen LogP contribution in [0.25, 0.3) is 0 Å². The third-order valence-corrected chi connectivity index (χ3v) is 4.03. The summed E-state index contributed by atoms with van der Waals surface area (Å²) in [5.41, 5.74) is 1.04. The molecule has 0 bridgehead atoms. The molecule has 1 fully saturated rings. The van der Waals surface area contributed by atoms with Crippen LogP contribution in [0.1, 0.15) is 38.1 Å². The van der Waals surface area contributed by atoms with Crippen LogP contribution >= 0.6 is 0 Å². The molecule has 1 aliphatic heterocycles. The molecule has 1 atom stereocenters. The number of anilines is 2. The summed E-state index contributed by atoms with van der Waals surface area (Å²) in [6, 6.07) is 0. The molecule has 2 rings (SSSR count). The van der Waals surface area contributed by atoms with Gasteiger partial charge < -0.3 is 15.0 Å². The zero-order valence-corrected chi connectivity index (χ0v) is 13.3. The van der Waals surface area contributed by atoms with E-state index >= 15 is 0 Å². The summed E-state index contributed by atoms with van der Waals surface area (Å²) < 4.78 is 5.68. The number of hydrogen-bond donors (Lipinski definition) is 1. The second-order valence-corrected chi connectivity index (χ2v) is 5.78. The Morgan fingerprint density at radius 3 is 2.75 bits per heavy atom. The van der Waals surface area contributed by atoms with E-state index in [1.165, 1.54) is 0 Å². The highest BCUT2D eigenvalue weighted by atomic mass is 16.5. The molecule has 0 aromatic carbocycles. The highest BCUT2D eigenvalue weighted by Gasteiger charge is 2.32. The minimum Gasteiger partial charge on any atom is -0.377 e. The van der Waals surface area contributed by atoms with Crippen molar-refractivity contribution in [1.29, 1.82) is 0 Å². The molecular formula is C15H26N4O. The van der Waals surface area contributed by atoms with Gasteiger partial charge in [-0.25, -0.2) is 9.97 Å². The lowest BCUT2D eigenvalue weighted by atomic mass is 9.94. The van der Waals surface area contributed by atoms with E-state index in [9.17, 15) is 0 Å². The maximum atomic E-state index is 5.68. The third-order valence-electron chi connectivity index (χ3n) is 4.03. The lowest BCUT2D eigenvalue weighted by Gasteiger charge is -2.40. The molecule has 0 spiro atoms. The average Bonchev–Trinajstić information content (AvgIpc) is 2.43. The zero-order valence-electron chi connectivity index (χ0n) is 13.3. The van der Waals surface area contributed by atoms with Gasteiger partial charge in [-0.05, 0) is 40.5 Å². The van der Waals surface area contributed by atoms with Crippen molar-refractivity contribution in [2.24, 2.45) is 0 Å². The molecule has 0 amide bonds. The van der Waals surface area contributed by atoms with Gasteiger partial charge in [0.1, 0.15) is 17.5 Å².